The smallest absolute Gasteiger partial charge is 0.862 e. The fraction of sp³-hybridized carbons (Fsp3) is 0.619. The third kappa shape index (κ3) is 14.6. The van der Waals surface area contributed by atoms with E-state index in [1.807, 2.05) is 59.8 Å². The van der Waals surface area contributed by atoms with Gasteiger partial charge in [0.05, 0.1) is 24.3 Å². The molecule has 7 heterocycles. The van der Waals surface area contributed by atoms with Crippen molar-refractivity contribution >= 4 is 77.3 Å². The summed E-state index contributed by atoms with van der Waals surface area (Å²) in [6.45, 7) is 22.5. The molecule has 15 unspecified atom stereocenters. The van der Waals surface area contributed by atoms with Crippen LogP contribution in [0.25, 0.3) is 11.0 Å². The van der Waals surface area contributed by atoms with Gasteiger partial charge in [-0.25, -0.2) is 14.8 Å². The Morgan fingerprint density at radius 1 is 0.871 bits per heavy atom. The van der Waals surface area contributed by atoms with Gasteiger partial charge in [0.2, 0.25) is 36.2 Å². The fourth-order valence-corrected chi connectivity index (χ4v) is 16.6. The van der Waals surface area contributed by atoms with Gasteiger partial charge in [0.25, 0.3) is 0 Å². The van der Waals surface area contributed by atoms with Gasteiger partial charge in [-0.05, 0) is 145 Å². The number of aliphatic hydroxyl groups is 2. The van der Waals surface area contributed by atoms with Crippen LogP contribution in [0.2, 0.25) is 0 Å². The molecular weight excluding hydrogens is 1270 g/mol. The number of hydrogen-bond acceptors (Lipinski definition) is 21. The molecule has 1 aromatic carbocycles. The molecule has 6 aliphatic heterocycles. The van der Waals surface area contributed by atoms with Crippen molar-refractivity contribution in [2.45, 2.75) is 189 Å². The van der Waals surface area contributed by atoms with Gasteiger partial charge >= 0.3 is 24.6 Å². The van der Waals surface area contributed by atoms with E-state index in [0.29, 0.717) is 50.9 Å². The number of rotatable bonds is 26. The molecule has 8 rings (SSSR count). The van der Waals surface area contributed by atoms with E-state index in [-0.39, 0.29) is 94.0 Å². The molecule has 30 heteroatoms. The van der Waals surface area contributed by atoms with Crippen LogP contribution in [0.1, 0.15) is 150 Å². The predicted molar refractivity (Wildman–Crippen MR) is 335 cm³/mol. The SMILES string of the molecule is C#N.CC1=C2N=C(C=C3NC(=C(C)C4=NC(C)(C5N=C1C(C)(CCC(=O)NCC(C)OP(=O)(O)OC1C(CO)OC([n+]6c[nH]c7cc(C)c(C)cc76)C1O)C5CC(N)=O)C(C)(CC(N)=O)C4CCC(=N)[O-])C(C)(CC(N)=O)C3CCC(=N)[O-])C(C)(C)C2CCC(=N)[O-].[Co+2]. The number of carbonyl (C=O) groups is 4. The summed E-state index contributed by atoms with van der Waals surface area (Å²) in [6, 6.07) is 2.74. The zero-order chi connectivity index (χ0) is 68.7. The number of nitriles is 1. The van der Waals surface area contributed by atoms with E-state index in [1.165, 1.54) is 6.92 Å². The largest absolute Gasteiger partial charge is 2.00 e. The normalized spacial score (nSPS) is 31.0. The van der Waals surface area contributed by atoms with Crippen LogP contribution in [0, 0.1) is 87.2 Å². The second kappa shape index (κ2) is 28.5. The van der Waals surface area contributed by atoms with Crippen molar-refractivity contribution in [3.8, 4) is 6.57 Å². The molecule has 6 aliphatic rings. The molecule has 1 radical (unpaired) electrons. The van der Waals surface area contributed by atoms with Gasteiger partial charge in [0.15, 0.2) is 11.0 Å². The fourth-order valence-electron chi connectivity index (χ4n) is 15.5. The van der Waals surface area contributed by atoms with E-state index >= 15 is 0 Å². The molecule has 2 aromatic rings. The number of aliphatic hydroxyl groups excluding tert-OH is 2. The Morgan fingerprint density at radius 2 is 1.45 bits per heavy atom. The van der Waals surface area contributed by atoms with E-state index in [9.17, 15) is 54.2 Å². The Bertz CT molecular complexity index is 3600. The zero-order valence-corrected chi connectivity index (χ0v) is 56.4. The number of aryl methyl sites for hydroxylation is 2. The number of primary amides is 3. The number of nitrogens with one attached hydrogen (secondary N) is 6. The van der Waals surface area contributed by atoms with Crippen molar-refractivity contribution < 1.29 is 89.3 Å². The molecule has 2 saturated heterocycles. The minimum absolute atomic E-state index is 0. The van der Waals surface area contributed by atoms with Crippen molar-refractivity contribution in [3.63, 3.8) is 0 Å². The average Bonchev–Trinajstić information content (AvgIpc) is 1.53. The Balaban J connectivity index is 0.00000453. The van der Waals surface area contributed by atoms with E-state index < -0.39 is 143 Å². The van der Waals surface area contributed by atoms with Crippen molar-refractivity contribution in [2.24, 2.45) is 77.5 Å². The standard InChI is InChI=1S/C62H90N13O14P.CHN.Co/c1-29-20-39-40(21-30(29)2)75(28-70-39)57-52(84)53(41(27-76)87-57)89-90(85,86)88-31(3)26-69-49(83)18-19-59(8)37(22-46(66)80)56-62(11)61(10,25-48(68)82)36(14-17-45(65)79)51(74-62)33(5)55-60(9,24-47(67)81)34(12-15-43(63)77)38(71-55)23-42-58(6,7)35(13-16-44(64)78)50(72-42)32(4)54(59)73-56;1-2;/h20-21,23,28,31,34-37,41,52-53,56-57,76,84H,12-19,22,24-27H2,1-11H3,(H15,63,64,65,66,67,68,69,71,72,73,74,77,78,79,80,81,82,83,85,86);1H;/q;;+2/p-2. The second-order valence-corrected chi connectivity index (χ2v) is 28.4. The van der Waals surface area contributed by atoms with Gasteiger partial charge in [-0.2, -0.15) is 4.57 Å². The van der Waals surface area contributed by atoms with Gasteiger partial charge in [-0.3, -0.25) is 43.2 Å². The number of hydrogen-bond donors (Lipinski definition) is 12. The average molecular weight is 1360 g/mol. The van der Waals surface area contributed by atoms with Crippen LogP contribution in [0.5, 0.6) is 0 Å². The van der Waals surface area contributed by atoms with Gasteiger partial charge in [-0.15, -0.1) is 0 Å². The van der Waals surface area contributed by atoms with Crippen LogP contribution in [-0.2, 0) is 54.3 Å². The molecule has 15 N–H and O–H groups in total. The molecule has 0 aliphatic carbocycles. The first kappa shape index (κ1) is 75.0. The molecule has 8 bridgehead atoms. The first-order chi connectivity index (χ1) is 42.8. The Labute approximate surface area is 551 Å². The summed E-state index contributed by atoms with van der Waals surface area (Å²) in [6.07, 6.45) is -4.86. The number of fused-ring (bicyclic) bond motifs is 7. The van der Waals surface area contributed by atoms with Crippen LogP contribution in [0.15, 0.2) is 67.8 Å². The first-order valence-electron chi connectivity index (χ1n) is 30.8. The maximum absolute atomic E-state index is 14.4. The van der Waals surface area contributed by atoms with Crippen molar-refractivity contribution in [3.05, 3.63) is 63.9 Å². The monoisotopic (exact) mass is 1360 g/mol. The number of nitrogens with zero attached hydrogens (tertiary/aromatic N) is 5. The summed E-state index contributed by atoms with van der Waals surface area (Å²) in [7, 11) is -5.07. The summed E-state index contributed by atoms with van der Waals surface area (Å²) in [5.41, 5.74) is 19.4. The first-order valence-corrected chi connectivity index (χ1v) is 32.3. The number of benzene rings is 1. The number of aliphatic imine (C=N–C) groups is 3. The number of aromatic nitrogens is 2. The number of nitrogens with two attached hydrogens (primary N) is 3. The van der Waals surface area contributed by atoms with Crippen LogP contribution in [0.4, 0.5) is 0 Å². The maximum atomic E-state index is 14.4. The van der Waals surface area contributed by atoms with Crippen molar-refractivity contribution in [1.82, 2.24) is 15.6 Å². The van der Waals surface area contributed by atoms with Gasteiger partial charge in [-0.1, -0.05) is 34.6 Å². The molecule has 15 atom stereocenters. The van der Waals surface area contributed by atoms with Gasteiger partial charge in [0.1, 0.15) is 18.3 Å². The summed E-state index contributed by atoms with van der Waals surface area (Å²) < 4.78 is 32.3. The Morgan fingerprint density at radius 3 is 2.02 bits per heavy atom. The summed E-state index contributed by atoms with van der Waals surface area (Å²) in [5.74, 6) is -8.24. The minimum atomic E-state index is -5.07. The summed E-state index contributed by atoms with van der Waals surface area (Å²) in [4.78, 5) is 86.0. The van der Waals surface area contributed by atoms with Crippen molar-refractivity contribution in [2.75, 3.05) is 13.2 Å². The van der Waals surface area contributed by atoms with E-state index in [1.54, 1.807) is 38.6 Å². The molecule has 0 spiro atoms. The van der Waals surface area contributed by atoms with Gasteiger partial charge < -0.3 is 79.2 Å². The molecule has 93 heavy (non-hydrogen) atoms. The van der Waals surface area contributed by atoms with E-state index in [0.717, 1.165) is 16.6 Å². The molecule has 509 valence electrons. The quantitative estimate of drug-likeness (QED) is 0.0278. The Hall–Kier alpha value is -7.00. The minimum Gasteiger partial charge on any atom is -0.862 e. The number of ether oxygens (including phenoxy) is 1. The Kier molecular flexibility index (Phi) is 23.0. The van der Waals surface area contributed by atoms with Crippen LogP contribution in [-0.4, -0.2) is 128 Å². The van der Waals surface area contributed by atoms with E-state index in [4.69, 9.17) is 67.5 Å². The zero-order valence-electron chi connectivity index (χ0n) is 54.4. The number of aromatic amines is 1. The van der Waals surface area contributed by atoms with E-state index in [2.05, 4.69) is 22.2 Å². The number of phosphoric acid groups is 1. The predicted octanol–water partition coefficient (Wildman–Crippen LogP) is 2.28. The summed E-state index contributed by atoms with van der Waals surface area (Å²) >= 11 is 0. The number of imidazole rings is 1. The molecular formula is C63H89CoN14O14P. The van der Waals surface area contributed by atoms with Crippen molar-refractivity contribution in [1.29, 1.82) is 21.5 Å². The molecule has 2 fully saturated rings. The maximum Gasteiger partial charge on any atom is 2.00 e. The number of phosphoric ester groups is 1. The number of allylic oxidation sites excluding steroid dienone is 6. The number of H-pyrrole nitrogens is 1. The van der Waals surface area contributed by atoms with Crippen LogP contribution >= 0.6 is 7.82 Å². The molecule has 28 nitrogen and oxygen atoms in total. The third-order valence-corrected chi connectivity index (χ3v) is 21.7. The van der Waals surface area contributed by atoms with Crippen LogP contribution in [0.3, 0.4) is 0 Å². The molecule has 1 aromatic heterocycles. The summed E-state index contributed by atoms with van der Waals surface area (Å²) in [5, 5.41) is 96.7. The number of amides is 4. The third-order valence-electron chi connectivity index (χ3n) is 20.6. The molecule has 4 amide bonds. The molecule has 0 saturated carbocycles. The topological polar surface area (TPSA) is 497 Å². The van der Waals surface area contributed by atoms with Crippen LogP contribution < -0.4 is 47.7 Å². The number of carbonyl (C=O) groups excluding carboxylic acids is 4. The van der Waals surface area contributed by atoms with Gasteiger partial charge in [0, 0.05) is 118 Å². The second-order valence-electron chi connectivity index (χ2n) is 27.0.